The van der Waals surface area contributed by atoms with E-state index in [0.29, 0.717) is 45.4 Å². The summed E-state index contributed by atoms with van der Waals surface area (Å²) in [5.74, 6) is 1.56. The van der Waals surface area contributed by atoms with E-state index in [2.05, 4.69) is 0 Å². The number of Topliss-reactive ketones (excluding diaryl/α,β-unsaturated/α-hetero) is 1. The number of carbonyl (C=O) groups is 2. The molecular weight excluding hydrogens is 416 g/mol. The molecule has 1 atom stereocenters. The first-order valence-corrected chi connectivity index (χ1v) is 10.0. The van der Waals surface area contributed by atoms with Crippen molar-refractivity contribution in [2.75, 3.05) is 27.9 Å². The van der Waals surface area contributed by atoms with E-state index in [1.165, 1.54) is 21.3 Å². The maximum atomic E-state index is 13.0. The Hall–Kier alpha value is -3.68. The van der Waals surface area contributed by atoms with Crippen molar-refractivity contribution in [2.45, 2.75) is 26.9 Å². The highest BCUT2D eigenvalue weighted by Crippen LogP contribution is 2.41. The van der Waals surface area contributed by atoms with Crippen LogP contribution in [0.25, 0.3) is 6.08 Å². The van der Waals surface area contributed by atoms with Crippen LogP contribution in [0.5, 0.6) is 28.7 Å². The SMILES string of the molecule is CCOC(=O)C(C)Oc1cc(C)c2c(c1)O/C(=C\c1cc(OC)c(OC)c(OC)c1)C2=O. The van der Waals surface area contributed by atoms with Crippen molar-refractivity contribution >= 4 is 17.8 Å². The summed E-state index contributed by atoms with van der Waals surface area (Å²) in [5, 5.41) is 0. The van der Waals surface area contributed by atoms with Crippen LogP contribution in [0.4, 0.5) is 0 Å². The lowest BCUT2D eigenvalue weighted by atomic mass is 10.0. The van der Waals surface area contributed by atoms with Gasteiger partial charge in [-0.05, 0) is 56.2 Å². The van der Waals surface area contributed by atoms with Crippen LogP contribution in [0.3, 0.4) is 0 Å². The summed E-state index contributed by atoms with van der Waals surface area (Å²) >= 11 is 0. The lowest BCUT2D eigenvalue weighted by molar-refractivity contribution is -0.150. The second kappa shape index (κ2) is 9.64. The summed E-state index contributed by atoms with van der Waals surface area (Å²) in [7, 11) is 4.55. The molecule has 170 valence electrons. The molecule has 1 heterocycles. The van der Waals surface area contributed by atoms with Crippen molar-refractivity contribution in [3.63, 3.8) is 0 Å². The third-order valence-corrected chi connectivity index (χ3v) is 4.86. The van der Waals surface area contributed by atoms with Gasteiger partial charge in [0.2, 0.25) is 11.5 Å². The molecule has 0 radical (unpaired) electrons. The van der Waals surface area contributed by atoms with Gasteiger partial charge in [0.15, 0.2) is 23.4 Å². The molecule has 32 heavy (non-hydrogen) atoms. The lowest BCUT2D eigenvalue weighted by Crippen LogP contribution is -2.26. The summed E-state index contributed by atoms with van der Waals surface area (Å²) in [6.45, 7) is 5.38. The van der Waals surface area contributed by atoms with Gasteiger partial charge < -0.3 is 28.4 Å². The molecule has 0 saturated carbocycles. The van der Waals surface area contributed by atoms with Crippen LogP contribution >= 0.6 is 0 Å². The maximum absolute atomic E-state index is 13.0. The van der Waals surface area contributed by atoms with Gasteiger partial charge in [0.25, 0.3) is 0 Å². The van der Waals surface area contributed by atoms with Gasteiger partial charge in [-0.3, -0.25) is 4.79 Å². The van der Waals surface area contributed by atoms with Gasteiger partial charge in [0.1, 0.15) is 11.5 Å². The van der Waals surface area contributed by atoms with E-state index in [1.54, 1.807) is 51.1 Å². The Morgan fingerprint density at radius 2 is 1.72 bits per heavy atom. The van der Waals surface area contributed by atoms with Crippen molar-refractivity contribution in [3.8, 4) is 28.7 Å². The van der Waals surface area contributed by atoms with Crippen LogP contribution in [0.1, 0.15) is 35.3 Å². The van der Waals surface area contributed by atoms with Crippen LogP contribution in [0.2, 0.25) is 0 Å². The van der Waals surface area contributed by atoms with Gasteiger partial charge in [-0.2, -0.15) is 0 Å². The molecule has 0 bridgehead atoms. The predicted molar refractivity (Wildman–Crippen MR) is 117 cm³/mol. The number of esters is 1. The van der Waals surface area contributed by atoms with Gasteiger partial charge in [-0.25, -0.2) is 4.79 Å². The third kappa shape index (κ3) is 4.49. The fourth-order valence-corrected chi connectivity index (χ4v) is 3.39. The van der Waals surface area contributed by atoms with E-state index in [0.717, 1.165) is 0 Å². The minimum atomic E-state index is -0.793. The van der Waals surface area contributed by atoms with Crippen molar-refractivity contribution in [3.05, 3.63) is 46.7 Å². The Labute approximate surface area is 186 Å². The number of aryl methyl sites for hydroxylation is 1. The summed E-state index contributed by atoms with van der Waals surface area (Å²) in [5.41, 5.74) is 1.76. The van der Waals surface area contributed by atoms with Crippen LogP contribution in [-0.4, -0.2) is 45.8 Å². The molecule has 0 N–H and O–H groups in total. The molecule has 1 aliphatic rings. The number of rotatable bonds is 8. The fourth-order valence-electron chi connectivity index (χ4n) is 3.39. The Kier molecular flexibility index (Phi) is 6.92. The topological polar surface area (TPSA) is 89.5 Å². The number of hydrogen-bond donors (Lipinski definition) is 0. The number of fused-ring (bicyclic) bond motifs is 1. The zero-order valence-electron chi connectivity index (χ0n) is 18.9. The molecule has 8 nitrogen and oxygen atoms in total. The van der Waals surface area contributed by atoms with Crippen molar-refractivity contribution in [1.29, 1.82) is 0 Å². The molecule has 0 spiro atoms. The molecule has 3 rings (SSSR count). The maximum Gasteiger partial charge on any atom is 0.347 e. The summed E-state index contributed by atoms with van der Waals surface area (Å²) in [4.78, 5) is 24.8. The van der Waals surface area contributed by atoms with E-state index in [1.807, 2.05) is 0 Å². The first-order chi connectivity index (χ1) is 15.3. The van der Waals surface area contributed by atoms with Crippen LogP contribution < -0.4 is 23.7 Å². The Morgan fingerprint density at radius 1 is 1.06 bits per heavy atom. The standard InChI is InChI=1S/C24H26O8/c1-7-30-24(26)14(3)31-16-8-13(2)21-17(12-16)32-18(22(21)25)9-15-10-19(27-4)23(29-6)20(11-15)28-5/h8-12,14H,7H2,1-6H3/b18-9-. The highest BCUT2D eigenvalue weighted by molar-refractivity contribution is 6.15. The average molecular weight is 442 g/mol. The van der Waals surface area contributed by atoms with Gasteiger partial charge in [0.05, 0.1) is 33.5 Å². The highest BCUT2D eigenvalue weighted by atomic mass is 16.6. The smallest absolute Gasteiger partial charge is 0.347 e. The Bertz CT molecular complexity index is 1040. The molecule has 1 aliphatic heterocycles. The fraction of sp³-hybridized carbons (Fsp3) is 0.333. The molecule has 0 amide bonds. The molecule has 2 aromatic carbocycles. The van der Waals surface area contributed by atoms with E-state index >= 15 is 0 Å². The van der Waals surface area contributed by atoms with Gasteiger partial charge in [0, 0.05) is 6.07 Å². The summed E-state index contributed by atoms with van der Waals surface area (Å²) in [6, 6.07) is 6.72. The van der Waals surface area contributed by atoms with E-state index in [-0.39, 0.29) is 18.1 Å². The number of benzene rings is 2. The number of methoxy groups -OCH3 is 3. The molecule has 0 saturated heterocycles. The molecular formula is C24H26O8. The molecule has 0 aromatic heterocycles. The van der Waals surface area contributed by atoms with Crippen LogP contribution in [-0.2, 0) is 9.53 Å². The lowest BCUT2D eigenvalue weighted by Gasteiger charge is -2.14. The monoisotopic (exact) mass is 442 g/mol. The first kappa shape index (κ1) is 23.0. The number of allylic oxidation sites excluding steroid dienone is 1. The summed E-state index contributed by atoms with van der Waals surface area (Å²) < 4.78 is 32.5. The zero-order chi connectivity index (χ0) is 23.4. The quantitative estimate of drug-likeness (QED) is 0.448. The van der Waals surface area contributed by atoms with Crippen molar-refractivity contribution in [2.24, 2.45) is 0 Å². The van der Waals surface area contributed by atoms with Crippen molar-refractivity contribution in [1.82, 2.24) is 0 Å². The molecule has 8 heteroatoms. The van der Waals surface area contributed by atoms with E-state index < -0.39 is 12.1 Å². The second-order valence-electron chi connectivity index (χ2n) is 7.02. The molecule has 0 aliphatic carbocycles. The van der Waals surface area contributed by atoms with Crippen LogP contribution in [0, 0.1) is 6.92 Å². The molecule has 1 unspecified atom stereocenters. The van der Waals surface area contributed by atoms with Gasteiger partial charge in [-0.15, -0.1) is 0 Å². The first-order valence-electron chi connectivity index (χ1n) is 10.0. The minimum absolute atomic E-state index is 0.146. The third-order valence-electron chi connectivity index (χ3n) is 4.86. The predicted octanol–water partition coefficient (Wildman–Crippen LogP) is 3.97. The number of ether oxygens (including phenoxy) is 6. The number of ketones is 1. The largest absolute Gasteiger partial charge is 0.493 e. The van der Waals surface area contributed by atoms with E-state index in [4.69, 9.17) is 28.4 Å². The second-order valence-corrected chi connectivity index (χ2v) is 7.02. The summed E-state index contributed by atoms with van der Waals surface area (Å²) in [6.07, 6.45) is 0.812. The Balaban J connectivity index is 1.91. The number of hydrogen-bond acceptors (Lipinski definition) is 8. The zero-order valence-corrected chi connectivity index (χ0v) is 18.9. The van der Waals surface area contributed by atoms with Gasteiger partial charge in [-0.1, -0.05) is 0 Å². The molecule has 2 aromatic rings. The average Bonchev–Trinajstić information content (AvgIpc) is 3.08. The van der Waals surface area contributed by atoms with Crippen molar-refractivity contribution < 1.29 is 38.0 Å². The van der Waals surface area contributed by atoms with Gasteiger partial charge >= 0.3 is 5.97 Å². The Morgan fingerprint density at radius 3 is 2.28 bits per heavy atom. The normalized spacial score (nSPS) is 14.4. The molecule has 0 fully saturated rings. The highest BCUT2D eigenvalue weighted by Gasteiger charge is 2.31. The van der Waals surface area contributed by atoms with E-state index in [9.17, 15) is 9.59 Å². The minimum Gasteiger partial charge on any atom is -0.493 e. The number of carbonyl (C=O) groups excluding carboxylic acids is 2. The van der Waals surface area contributed by atoms with Crippen LogP contribution in [0.15, 0.2) is 30.0 Å².